The largest absolute Gasteiger partial charge is 0.462 e. The Morgan fingerprint density at radius 3 is 0.859 bits per heavy atom. The fraction of sp³-hybridized carbons (Fsp3) is 0.862. The van der Waals surface area contributed by atoms with Crippen LogP contribution in [0.4, 0.5) is 0 Å². The van der Waals surface area contributed by atoms with Gasteiger partial charge in [-0.05, 0) is 51.4 Å². The Labute approximate surface area is 442 Å². The van der Waals surface area contributed by atoms with Gasteiger partial charge >= 0.3 is 17.9 Å². The third kappa shape index (κ3) is 58.4. The van der Waals surface area contributed by atoms with Crippen molar-refractivity contribution in [3.05, 3.63) is 36.5 Å². The molecule has 0 spiro atoms. The van der Waals surface area contributed by atoms with E-state index in [-0.39, 0.29) is 31.1 Å². The molecule has 0 rings (SSSR count). The molecule has 416 valence electrons. The van der Waals surface area contributed by atoms with Crippen LogP contribution in [0.15, 0.2) is 36.5 Å². The van der Waals surface area contributed by atoms with Gasteiger partial charge in [0.2, 0.25) is 0 Å². The quantitative estimate of drug-likeness (QED) is 0.0261. The van der Waals surface area contributed by atoms with Gasteiger partial charge in [0, 0.05) is 19.3 Å². The molecule has 0 aromatic carbocycles. The molecule has 0 aromatic heterocycles. The summed E-state index contributed by atoms with van der Waals surface area (Å²) in [6.45, 7) is 6.57. The number of rotatable bonds is 58. The van der Waals surface area contributed by atoms with E-state index in [4.69, 9.17) is 14.2 Å². The first-order valence-electron chi connectivity index (χ1n) is 31.5. The van der Waals surface area contributed by atoms with Crippen LogP contribution in [-0.2, 0) is 28.6 Å². The maximum Gasteiger partial charge on any atom is 0.306 e. The molecule has 0 aliphatic rings. The van der Waals surface area contributed by atoms with Crippen LogP contribution in [0.2, 0.25) is 0 Å². The van der Waals surface area contributed by atoms with Crippen LogP contribution in [0.1, 0.15) is 342 Å². The molecule has 1 unspecified atom stereocenters. The third-order valence-corrected chi connectivity index (χ3v) is 14.2. The van der Waals surface area contributed by atoms with Gasteiger partial charge in [-0.15, -0.1) is 0 Å². The molecule has 0 heterocycles. The average molecular weight is 998 g/mol. The van der Waals surface area contributed by atoms with Gasteiger partial charge in [0.15, 0.2) is 6.10 Å². The summed E-state index contributed by atoms with van der Waals surface area (Å²) < 4.78 is 16.9. The van der Waals surface area contributed by atoms with Crippen molar-refractivity contribution in [1.82, 2.24) is 0 Å². The first-order chi connectivity index (χ1) is 35.0. The van der Waals surface area contributed by atoms with Crippen molar-refractivity contribution >= 4 is 17.9 Å². The lowest BCUT2D eigenvalue weighted by molar-refractivity contribution is -0.167. The Kier molecular flexibility index (Phi) is 58.2. The molecule has 6 nitrogen and oxygen atoms in total. The summed E-state index contributed by atoms with van der Waals surface area (Å²) in [6.07, 6.45) is 73.0. The minimum atomic E-state index is -0.780. The molecular formula is C65H120O6. The zero-order chi connectivity index (χ0) is 51.4. The monoisotopic (exact) mass is 997 g/mol. The number of unbranched alkanes of at least 4 members (excludes halogenated alkanes) is 41. The molecule has 6 heteroatoms. The second-order valence-electron chi connectivity index (χ2n) is 21.3. The van der Waals surface area contributed by atoms with Gasteiger partial charge < -0.3 is 14.2 Å². The molecule has 0 amide bonds. The third-order valence-electron chi connectivity index (χ3n) is 14.2. The highest BCUT2D eigenvalue weighted by Gasteiger charge is 2.19. The minimum absolute atomic E-state index is 0.0761. The molecule has 0 fully saturated rings. The van der Waals surface area contributed by atoms with Gasteiger partial charge in [0.1, 0.15) is 13.2 Å². The zero-order valence-electron chi connectivity index (χ0n) is 47.8. The number of carbonyl (C=O) groups is 3. The number of ether oxygens (including phenoxy) is 3. The van der Waals surface area contributed by atoms with E-state index in [0.29, 0.717) is 19.3 Å². The minimum Gasteiger partial charge on any atom is -0.462 e. The first kappa shape index (κ1) is 68.6. The highest BCUT2D eigenvalue weighted by atomic mass is 16.6. The number of hydrogen-bond donors (Lipinski definition) is 0. The lowest BCUT2D eigenvalue weighted by atomic mass is 10.0. The number of carbonyl (C=O) groups excluding carboxylic acids is 3. The average Bonchev–Trinajstić information content (AvgIpc) is 3.37. The molecule has 0 saturated carbocycles. The van der Waals surface area contributed by atoms with Gasteiger partial charge in [-0.1, -0.05) is 308 Å². The Morgan fingerprint density at radius 2 is 0.549 bits per heavy atom. The van der Waals surface area contributed by atoms with Crippen LogP contribution in [0.25, 0.3) is 0 Å². The fourth-order valence-corrected chi connectivity index (χ4v) is 9.46. The Balaban J connectivity index is 4.28. The number of allylic oxidation sites excluding steroid dienone is 6. The Hall–Kier alpha value is -2.37. The molecule has 0 aliphatic heterocycles. The smallest absolute Gasteiger partial charge is 0.306 e. The van der Waals surface area contributed by atoms with E-state index in [2.05, 4.69) is 57.2 Å². The van der Waals surface area contributed by atoms with E-state index in [1.54, 1.807) is 0 Å². The summed E-state index contributed by atoms with van der Waals surface area (Å²) in [5.74, 6) is -0.882. The molecule has 0 bridgehead atoms. The summed E-state index contributed by atoms with van der Waals surface area (Å²) in [4.78, 5) is 38.2. The molecular weight excluding hydrogens is 877 g/mol. The highest BCUT2D eigenvalue weighted by molar-refractivity contribution is 5.71. The van der Waals surface area contributed by atoms with Gasteiger partial charge in [-0.3, -0.25) is 14.4 Å². The summed E-state index contributed by atoms with van der Waals surface area (Å²) >= 11 is 0. The van der Waals surface area contributed by atoms with Crippen LogP contribution >= 0.6 is 0 Å². The van der Waals surface area contributed by atoms with Crippen LogP contribution in [0.3, 0.4) is 0 Å². The predicted octanol–water partition coefficient (Wildman–Crippen LogP) is 21.2. The predicted molar refractivity (Wildman–Crippen MR) is 307 cm³/mol. The molecule has 0 radical (unpaired) electrons. The summed E-state index contributed by atoms with van der Waals surface area (Å²) in [6, 6.07) is 0. The van der Waals surface area contributed by atoms with E-state index >= 15 is 0 Å². The van der Waals surface area contributed by atoms with E-state index in [1.807, 2.05) is 0 Å². The van der Waals surface area contributed by atoms with Crippen molar-refractivity contribution in [2.24, 2.45) is 0 Å². The van der Waals surface area contributed by atoms with Crippen molar-refractivity contribution in [3.63, 3.8) is 0 Å². The van der Waals surface area contributed by atoms with Crippen molar-refractivity contribution in [2.45, 2.75) is 348 Å². The molecule has 0 aliphatic carbocycles. The maximum absolute atomic E-state index is 12.9. The van der Waals surface area contributed by atoms with Gasteiger partial charge in [-0.2, -0.15) is 0 Å². The fourth-order valence-electron chi connectivity index (χ4n) is 9.46. The lowest BCUT2D eigenvalue weighted by Gasteiger charge is -2.18. The second kappa shape index (κ2) is 60.2. The Morgan fingerprint density at radius 1 is 0.296 bits per heavy atom. The molecule has 1 atom stereocenters. The normalized spacial score (nSPS) is 12.2. The molecule has 0 aromatic rings. The molecule has 0 saturated heterocycles. The van der Waals surface area contributed by atoms with Crippen molar-refractivity contribution in [2.75, 3.05) is 13.2 Å². The summed E-state index contributed by atoms with van der Waals surface area (Å²) in [7, 11) is 0. The van der Waals surface area contributed by atoms with Crippen LogP contribution < -0.4 is 0 Å². The maximum atomic E-state index is 12.9. The van der Waals surface area contributed by atoms with Gasteiger partial charge in [0.05, 0.1) is 0 Å². The highest BCUT2D eigenvalue weighted by Crippen LogP contribution is 2.18. The molecule has 0 N–H and O–H groups in total. The standard InChI is InChI=1S/C65H120O6/c1-4-7-10-13-16-19-22-25-27-29-31-32-34-35-37-40-43-46-49-52-55-58-64(67)70-61-62(60-69-63(66)57-54-51-48-45-42-39-24-21-18-15-12-9-6-3)71-65(68)59-56-53-50-47-44-41-38-36-33-30-28-26-23-20-17-14-11-8-5-2/h9,12,18,21,39,42,62H,4-8,10-11,13-17,19-20,22-38,40-41,43-61H2,1-3H3/b12-9-,21-18-,42-39-. The summed E-state index contributed by atoms with van der Waals surface area (Å²) in [5.41, 5.74) is 0. The van der Waals surface area contributed by atoms with Gasteiger partial charge in [0.25, 0.3) is 0 Å². The van der Waals surface area contributed by atoms with Crippen molar-refractivity contribution < 1.29 is 28.6 Å². The van der Waals surface area contributed by atoms with E-state index in [9.17, 15) is 14.4 Å². The van der Waals surface area contributed by atoms with Crippen molar-refractivity contribution in [3.8, 4) is 0 Å². The van der Waals surface area contributed by atoms with Crippen molar-refractivity contribution in [1.29, 1.82) is 0 Å². The van der Waals surface area contributed by atoms with Crippen LogP contribution in [-0.4, -0.2) is 37.2 Å². The lowest BCUT2D eigenvalue weighted by Crippen LogP contribution is -2.30. The van der Waals surface area contributed by atoms with Gasteiger partial charge in [-0.25, -0.2) is 0 Å². The Bertz CT molecular complexity index is 1190. The second-order valence-corrected chi connectivity index (χ2v) is 21.3. The van der Waals surface area contributed by atoms with Crippen LogP contribution in [0.5, 0.6) is 0 Å². The van der Waals surface area contributed by atoms with E-state index < -0.39 is 6.10 Å². The van der Waals surface area contributed by atoms with E-state index in [0.717, 1.165) is 83.5 Å². The van der Waals surface area contributed by atoms with E-state index in [1.165, 1.54) is 218 Å². The number of hydrogen-bond acceptors (Lipinski definition) is 6. The SMILES string of the molecule is CC/C=C\C/C=C\C/C=C\CCCCCC(=O)OCC(COC(=O)CCCCCCCCCCCCCCCCCCCCCCC)OC(=O)CCCCCCCCCCCCCCCCCCCCC. The van der Waals surface area contributed by atoms with Crippen LogP contribution in [0, 0.1) is 0 Å². The summed E-state index contributed by atoms with van der Waals surface area (Å²) in [5, 5.41) is 0. The topological polar surface area (TPSA) is 78.9 Å². The zero-order valence-corrected chi connectivity index (χ0v) is 47.8. The molecule has 71 heavy (non-hydrogen) atoms. The number of esters is 3. The first-order valence-corrected chi connectivity index (χ1v) is 31.5.